The molecule has 4 aromatic rings. The van der Waals surface area contributed by atoms with Crippen molar-refractivity contribution >= 4 is 17.0 Å². The molecule has 0 saturated heterocycles. The first kappa shape index (κ1) is 18.9. The maximum Gasteiger partial charge on any atom is 0.336 e. The lowest BCUT2D eigenvalue weighted by atomic mass is 9.95. The van der Waals surface area contributed by atoms with Crippen LogP contribution in [0.4, 0.5) is 0 Å². The van der Waals surface area contributed by atoms with E-state index in [1.54, 1.807) is 12.1 Å². The number of aromatic carboxylic acids is 1. The lowest BCUT2D eigenvalue weighted by Crippen LogP contribution is -2.06. The van der Waals surface area contributed by atoms with E-state index in [0.29, 0.717) is 11.5 Å². The number of imidazole rings is 1. The first-order chi connectivity index (χ1) is 14.0. The van der Waals surface area contributed by atoms with Crippen LogP contribution in [0.15, 0.2) is 66.7 Å². The summed E-state index contributed by atoms with van der Waals surface area (Å²) in [7, 11) is 0. The number of hydrogen-bond acceptors (Lipinski definition) is 2. The van der Waals surface area contributed by atoms with Crippen LogP contribution in [-0.2, 0) is 6.42 Å². The average Bonchev–Trinajstić information content (AvgIpc) is 3.05. The molecule has 0 radical (unpaired) electrons. The third kappa shape index (κ3) is 3.54. The maximum absolute atomic E-state index is 11.6. The Bertz CT molecular complexity index is 1200. The van der Waals surface area contributed by atoms with Gasteiger partial charge in [0.05, 0.1) is 16.6 Å². The monoisotopic (exact) mass is 384 g/mol. The minimum absolute atomic E-state index is 0.317. The molecule has 0 aliphatic heterocycles. The molecule has 0 amide bonds. The number of nitrogens with zero attached hydrogens (tertiary/aromatic N) is 2. The van der Waals surface area contributed by atoms with Crippen LogP contribution >= 0.6 is 0 Å². The Morgan fingerprint density at radius 2 is 1.72 bits per heavy atom. The second-order valence-electron chi connectivity index (χ2n) is 7.80. The number of hydrogen-bond donors (Lipinski definition) is 1. The molecule has 0 unspecified atom stereocenters. The van der Waals surface area contributed by atoms with E-state index in [-0.39, 0.29) is 0 Å². The van der Waals surface area contributed by atoms with E-state index in [9.17, 15) is 9.90 Å². The lowest BCUT2D eigenvalue weighted by molar-refractivity contribution is 0.0697. The second-order valence-corrected chi connectivity index (χ2v) is 7.80. The van der Waals surface area contributed by atoms with Gasteiger partial charge in [0.2, 0.25) is 0 Å². The van der Waals surface area contributed by atoms with Crippen LogP contribution in [0.25, 0.3) is 27.8 Å². The summed E-state index contributed by atoms with van der Waals surface area (Å²) in [5.41, 5.74) is 6.13. The van der Waals surface area contributed by atoms with Crippen LogP contribution in [0.3, 0.4) is 0 Å². The van der Waals surface area contributed by atoms with E-state index in [2.05, 4.69) is 36.6 Å². The molecule has 29 heavy (non-hydrogen) atoms. The molecule has 1 aromatic heterocycles. The highest BCUT2D eigenvalue weighted by Crippen LogP contribution is 2.30. The molecule has 146 valence electrons. The molecule has 0 aliphatic carbocycles. The fourth-order valence-corrected chi connectivity index (χ4v) is 3.86. The van der Waals surface area contributed by atoms with Crippen molar-refractivity contribution in [1.29, 1.82) is 0 Å². The fourth-order valence-electron chi connectivity index (χ4n) is 3.86. The fraction of sp³-hybridized carbons (Fsp3) is 0.200. The van der Waals surface area contributed by atoms with Gasteiger partial charge in [0.25, 0.3) is 0 Å². The van der Waals surface area contributed by atoms with Gasteiger partial charge in [-0.2, -0.15) is 0 Å². The topological polar surface area (TPSA) is 55.1 Å². The number of fused-ring (bicyclic) bond motifs is 1. The van der Waals surface area contributed by atoms with Gasteiger partial charge in [-0.25, -0.2) is 9.78 Å². The Morgan fingerprint density at radius 1 is 1.00 bits per heavy atom. The molecule has 0 atom stereocenters. The molecule has 0 saturated carbocycles. The zero-order chi connectivity index (χ0) is 20.5. The summed E-state index contributed by atoms with van der Waals surface area (Å²) in [5.74, 6) is 0.622. The van der Waals surface area contributed by atoms with Crippen LogP contribution in [0, 0.1) is 12.8 Å². The Morgan fingerprint density at radius 3 is 2.45 bits per heavy atom. The zero-order valence-electron chi connectivity index (χ0n) is 16.9. The standard InChI is InChI=1S/C25H24N2O2/c1-16(2)14-24-26-22-10-6-7-11-23(22)27(24)18-12-13-19(17(3)15-18)20-8-4-5-9-21(20)25(28)29/h4-13,15-16H,14H2,1-3H3,(H,28,29). The second kappa shape index (κ2) is 7.55. The summed E-state index contributed by atoms with van der Waals surface area (Å²) in [4.78, 5) is 16.5. The number of carboxylic acid groups (broad SMARTS) is 1. The Kier molecular flexibility index (Phi) is 4.93. The molecule has 0 bridgehead atoms. The predicted molar refractivity (Wildman–Crippen MR) is 117 cm³/mol. The molecule has 4 rings (SSSR count). The van der Waals surface area contributed by atoms with Gasteiger partial charge in [-0.05, 0) is 59.9 Å². The molecule has 0 spiro atoms. The van der Waals surface area contributed by atoms with Crippen LogP contribution in [-0.4, -0.2) is 20.6 Å². The van der Waals surface area contributed by atoms with Crippen molar-refractivity contribution in [2.45, 2.75) is 27.2 Å². The minimum atomic E-state index is -0.913. The van der Waals surface area contributed by atoms with E-state index in [0.717, 1.165) is 45.7 Å². The Balaban J connectivity index is 1.87. The number of benzene rings is 3. The summed E-state index contributed by atoms with van der Waals surface area (Å²) >= 11 is 0. The van der Waals surface area contributed by atoms with Gasteiger partial charge >= 0.3 is 5.97 Å². The van der Waals surface area contributed by atoms with E-state index < -0.39 is 5.97 Å². The highest BCUT2D eigenvalue weighted by atomic mass is 16.4. The van der Waals surface area contributed by atoms with E-state index in [1.807, 2.05) is 43.3 Å². The van der Waals surface area contributed by atoms with Crippen molar-refractivity contribution in [3.05, 3.63) is 83.7 Å². The minimum Gasteiger partial charge on any atom is -0.478 e. The first-order valence-electron chi connectivity index (χ1n) is 9.86. The van der Waals surface area contributed by atoms with Crippen molar-refractivity contribution < 1.29 is 9.90 Å². The van der Waals surface area contributed by atoms with Gasteiger partial charge in [0, 0.05) is 12.1 Å². The molecule has 3 aromatic carbocycles. The summed E-state index contributed by atoms with van der Waals surface area (Å²) in [6.45, 7) is 6.42. The highest BCUT2D eigenvalue weighted by molar-refractivity contribution is 5.96. The summed E-state index contributed by atoms with van der Waals surface area (Å²) in [5, 5.41) is 9.55. The quantitative estimate of drug-likeness (QED) is 0.466. The van der Waals surface area contributed by atoms with Crippen molar-refractivity contribution in [2.75, 3.05) is 0 Å². The highest BCUT2D eigenvalue weighted by Gasteiger charge is 2.16. The molecule has 0 fully saturated rings. The number of carbonyl (C=O) groups is 1. The maximum atomic E-state index is 11.6. The summed E-state index contributed by atoms with van der Waals surface area (Å²) in [6, 6.07) is 21.5. The number of aryl methyl sites for hydroxylation is 1. The van der Waals surface area contributed by atoms with Crippen LogP contribution in [0.5, 0.6) is 0 Å². The Labute approximate surface area is 170 Å². The average molecular weight is 384 g/mol. The molecular formula is C25H24N2O2. The van der Waals surface area contributed by atoms with Crippen molar-refractivity contribution in [1.82, 2.24) is 9.55 Å². The van der Waals surface area contributed by atoms with Gasteiger partial charge in [0.1, 0.15) is 5.82 Å². The first-order valence-corrected chi connectivity index (χ1v) is 9.86. The van der Waals surface area contributed by atoms with Gasteiger partial charge in [-0.15, -0.1) is 0 Å². The SMILES string of the molecule is Cc1cc(-n2c(CC(C)C)nc3ccccc32)ccc1-c1ccccc1C(=O)O. The molecule has 1 heterocycles. The zero-order valence-corrected chi connectivity index (χ0v) is 16.9. The van der Waals surface area contributed by atoms with Gasteiger partial charge in [0.15, 0.2) is 0 Å². The number of aromatic nitrogens is 2. The van der Waals surface area contributed by atoms with Crippen LogP contribution in [0.2, 0.25) is 0 Å². The Hall–Kier alpha value is -3.40. The van der Waals surface area contributed by atoms with E-state index in [1.165, 1.54) is 0 Å². The van der Waals surface area contributed by atoms with Crippen molar-refractivity contribution in [2.24, 2.45) is 5.92 Å². The molecular weight excluding hydrogens is 360 g/mol. The van der Waals surface area contributed by atoms with Crippen LogP contribution in [0.1, 0.15) is 35.6 Å². The third-order valence-corrected chi connectivity index (χ3v) is 5.14. The van der Waals surface area contributed by atoms with E-state index in [4.69, 9.17) is 4.98 Å². The number of rotatable bonds is 5. The lowest BCUT2D eigenvalue weighted by Gasteiger charge is -2.15. The van der Waals surface area contributed by atoms with Gasteiger partial charge in [-0.3, -0.25) is 4.57 Å². The van der Waals surface area contributed by atoms with Crippen molar-refractivity contribution in [3.63, 3.8) is 0 Å². The summed E-state index contributed by atoms with van der Waals surface area (Å²) < 4.78 is 2.22. The molecule has 1 N–H and O–H groups in total. The number of para-hydroxylation sites is 2. The molecule has 4 nitrogen and oxygen atoms in total. The summed E-state index contributed by atoms with van der Waals surface area (Å²) in [6.07, 6.45) is 0.886. The van der Waals surface area contributed by atoms with Gasteiger partial charge < -0.3 is 5.11 Å². The van der Waals surface area contributed by atoms with E-state index >= 15 is 0 Å². The predicted octanol–water partition coefficient (Wildman–Crippen LogP) is 5.90. The molecule has 4 heteroatoms. The smallest absolute Gasteiger partial charge is 0.336 e. The third-order valence-electron chi connectivity index (χ3n) is 5.14. The number of carboxylic acids is 1. The van der Waals surface area contributed by atoms with Crippen LogP contribution < -0.4 is 0 Å². The molecule has 0 aliphatic rings. The largest absolute Gasteiger partial charge is 0.478 e. The normalized spacial score (nSPS) is 11.3. The van der Waals surface area contributed by atoms with Crippen molar-refractivity contribution in [3.8, 4) is 16.8 Å². The van der Waals surface area contributed by atoms with Gasteiger partial charge in [-0.1, -0.05) is 50.2 Å².